The molecule has 7 heteroatoms. The van der Waals surface area contributed by atoms with Gasteiger partial charge in [-0.1, -0.05) is 6.07 Å². The van der Waals surface area contributed by atoms with E-state index in [2.05, 4.69) is 5.32 Å². The number of nitrogens with one attached hydrogen (secondary N) is 1. The van der Waals surface area contributed by atoms with Crippen molar-refractivity contribution in [2.24, 2.45) is 0 Å². The largest absolute Gasteiger partial charge is 0.398 e. The second-order valence-corrected chi connectivity index (χ2v) is 5.56. The topological polar surface area (TPSA) is 32.3 Å². The van der Waals surface area contributed by atoms with Crippen molar-refractivity contribution in [3.05, 3.63) is 23.8 Å². The van der Waals surface area contributed by atoms with Gasteiger partial charge in [0.05, 0.1) is 12.3 Å². The molecule has 0 aliphatic rings. The molecule has 112 valence electrons. The predicted molar refractivity (Wildman–Crippen MR) is 75.1 cm³/mol. The van der Waals surface area contributed by atoms with E-state index in [9.17, 15) is 18.0 Å². The molecule has 0 heterocycles. The van der Waals surface area contributed by atoms with Crippen LogP contribution in [-0.4, -0.2) is 43.4 Å². The molecule has 0 fully saturated rings. The highest BCUT2D eigenvalue weighted by Crippen LogP contribution is 2.32. The molecule has 20 heavy (non-hydrogen) atoms. The summed E-state index contributed by atoms with van der Waals surface area (Å²) in [6.45, 7) is 1.90. The van der Waals surface area contributed by atoms with E-state index in [-0.39, 0.29) is 12.5 Å². The molecule has 1 rings (SSSR count). The molecule has 0 radical (unpaired) electrons. The van der Waals surface area contributed by atoms with Gasteiger partial charge in [-0.2, -0.15) is 13.2 Å². The fourth-order valence-electron chi connectivity index (χ4n) is 1.40. The Balaban J connectivity index is 2.77. The molecule has 0 saturated carbocycles. The third-order valence-corrected chi connectivity index (χ3v) is 3.59. The van der Waals surface area contributed by atoms with Crippen LogP contribution in [0.4, 0.5) is 18.9 Å². The van der Waals surface area contributed by atoms with Crippen LogP contribution in [0.15, 0.2) is 23.1 Å². The minimum Gasteiger partial charge on any atom is -0.375 e. The van der Waals surface area contributed by atoms with Gasteiger partial charge in [-0.3, -0.25) is 4.79 Å². The first-order valence-electron chi connectivity index (χ1n) is 5.93. The second-order valence-electron chi connectivity index (χ2n) is 4.55. The third-order valence-electron chi connectivity index (χ3n) is 2.46. The van der Waals surface area contributed by atoms with Crippen LogP contribution in [-0.2, 0) is 4.79 Å². The van der Waals surface area contributed by atoms with Gasteiger partial charge in [0.25, 0.3) is 0 Å². The highest BCUT2D eigenvalue weighted by Gasteiger charge is 2.27. The van der Waals surface area contributed by atoms with Crippen molar-refractivity contribution in [3.63, 3.8) is 0 Å². The number of anilines is 1. The Labute approximate surface area is 120 Å². The van der Waals surface area contributed by atoms with E-state index in [0.717, 1.165) is 5.56 Å². The van der Waals surface area contributed by atoms with E-state index in [1.807, 2.05) is 6.92 Å². The molecule has 0 bridgehead atoms. The molecule has 1 aromatic carbocycles. The van der Waals surface area contributed by atoms with Crippen molar-refractivity contribution in [2.45, 2.75) is 18.0 Å². The smallest absolute Gasteiger partial charge is 0.375 e. The van der Waals surface area contributed by atoms with Crippen molar-refractivity contribution in [2.75, 3.05) is 31.7 Å². The number of thioether (sulfide) groups is 1. The van der Waals surface area contributed by atoms with Gasteiger partial charge in [0.2, 0.25) is 5.91 Å². The van der Waals surface area contributed by atoms with E-state index >= 15 is 0 Å². The number of hydrogen-bond donors (Lipinski definition) is 1. The molecule has 0 saturated heterocycles. The lowest BCUT2D eigenvalue weighted by Crippen LogP contribution is -2.28. The van der Waals surface area contributed by atoms with Gasteiger partial charge in [-0.25, -0.2) is 0 Å². The van der Waals surface area contributed by atoms with Crippen LogP contribution in [0.5, 0.6) is 0 Å². The molecule has 0 spiro atoms. The lowest BCUT2D eigenvalue weighted by Gasteiger charge is -2.15. The third kappa shape index (κ3) is 5.73. The van der Waals surface area contributed by atoms with E-state index in [4.69, 9.17) is 0 Å². The normalized spacial score (nSPS) is 11.3. The quantitative estimate of drug-likeness (QED) is 0.848. The van der Waals surface area contributed by atoms with Gasteiger partial charge in [0, 0.05) is 24.7 Å². The Morgan fingerprint density at radius 3 is 2.55 bits per heavy atom. The van der Waals surface area contributed by atoms with Gasteiger partial charge >= 0.3 is 6.18 Å². The molecule has 1 amide bonds. The molecular formula is C13H17F3N2OS. The first kappa shape index (κ1) is 16.7. The summed E-state index contributed by atoms with van der Waals surface area (Å²) < 4.78 is 36.8. The zero-order chi connectivity index (χ0) is 15.3. The van der Waals surface area contributed by atoms with E-state index in [1.165, 1.54) is 4.90 Å². The van der Waals surface area contributed by atoms with Gasteiger partial charge in [-0.15, -0.1) is 11.8 Å². The maximum Gasteiger partial charge on any atom is 0.398 e. The highest BCUT2D eigenvalue weighted by atomic mass is 32.2. The van der Waals surface area contributed by atoms with E-state index < -0.39 is 11.9 Å². The molecule has 0 aliphatic heterocycles. The molecule has 1 N–H and O–H groups in total. The first-order valence-corrected chi connectivity index (χ1v) is 6.92. The van der Waals surface area contributed by atoms with Crippen molar-refractivity contribution >= 4 is 23.4 Å². The average molecular weight is 306 g/mol. The number of halogens is 3. The van der Waals surface area contributed by atoms with Gasteiger partial charge < -0.3 is 10.2 Å². The zero-order valence-electron chi connectivity index (χ0n) is 11.5. The average Bonchev–Trinajstić information content (AvgIpc) is 2.33. The number of likely N-dealkylation sites (N-methyl/N-ethyl adjacent to an activating group) is 1. The Morgan fingerprint density at radius 1 is 1.35 bits per heavy atom. The zero-order valence-corrected chi connectivity index (χ0v) is 12.4. The number of benzene rings is 1. The SMILES string of the molecule is Cc1ccc(SCC(F)(F)F)c(NCC(=O)N(C)C)c1. The van der Waals surface area contributed by atoms with Crippen LogP contribution in [0.25, 0.3) is 0 Å². The van der Waals surface area contributed by atoms with Gasteiger partial charge in [0.1, 0.15) is 0 Å². The second kappa shape index (κ2) is 6.88. The fourth-order valence-corrected chi connectivity index (χ4v) is 2.17. The van der Waals surface area contributed by atoms with Crippen LogP contribution in [0.3, 0.4) is 0 Å². The molecule has 0 unspecified atom stereocenters. The maximum atomic E-state index is 12.3. The first-order chi connectivity index (χ1) is 9.19. The maximum absolute atomic E-state index is 12.3. The Morgan fingerprint density at radius 2 is 2.00 bits per heavy atom. The van der Waals surface area contributed by atoms with Crippen LogP contribution < -0.4 is 5.32 Å². The number of rotatable bonds is 5. The summed E-state index contributed by atoms with van der Waals surface area (Å²) in [6.07, 6.45) is -4.22. The molecular weight excluding hydrogens is 289 g/mol. The number of alkyl halides is 3. The van der Waals surface area contributed by atoms with Crippen molar-refractivity contribution in [1.82, 2.24) is 4.90 Å². The number of hydrogen-bond acceptors (Lipinski definition) is 3. The van der Waals surface area contributed by atoms with Crippen molar-refractivity contribution in [3.8, 4) is 0 Å². The van der Waals surface area contributed by atoms with Crippen molar-refractivity contribution < 1.29 is 18.0 Å². The Bertz CT molecular complexity index is 475. The van der Waals surface area contributed by atoms with Gasteiger partial charge in [0.15, 0.2) is 0 Å². The number of carbonyl (C=O) groups excluding carboxylic acids is 1. The minimum absolute atomic E-state index is 0.0516. The van der Waals surface area contributed by atoms with Crippen LogP contribution in [0.2, 0.25) is 0 Å². The summed E-state index contributed by atoms with van der Waals surface area (Å²) in [5.74, 6) is -1.09. The lowest BCUT2D eigenvalue weighted by atomic mass is 10.2. The summed E-state index contributed by atoms with van der Waals surface area (Å²) >= 11 is 0.710. The Hall–Kier alpha value is -1.37. The standard InChI is InChI=1S/C13H17F3N2OS/c1-9-4-5-11(20-8-13(14,15)16)10(6-9)17-7-12(19)18(2)3/h4-6,17H,7-8H2,1-3H3. The summed E-state index contributed by atoms with van der Waals surface area (Å²) in [7, 11) is 3.25. The molecule has 3 nitrogen and oxygen atoms in total. The van der Waals surface area contributed by atoms with E-state index in [1.54, 1.807) is 32.3 Å². The molecule has 0 aliphatic carbocycles. The number of aryl methyl sites for hydroxylation is 1. The minimum atomic E-state index is -4.22. The highest BCUT2D eigenvalue weighted by molar-refractivity contribution is 7.99. The van der Waals surface area contributed by atoms with Crippen LogP contribution in [0.1, 0.15) is 5.56 Å². The monoisotopic (exact) mass is 306 g/mol. The van der Waals surface area contributed by atoms with Crippen LogP contribution in [0, 0.1) is 6.92 Å². The summed E-state index contributed by atoms with van der Waals surface area (Å²) in [6, 6.07) is 5.12. The summed E-state index contributed by atoms with van der Waals surface area (Å²) in [5, 5.41) is 2.89. The summed E-state index contributed by atoms with van der Waals surface area (Å²) in [5.41, 5.74) is 1.47. The Kier molecular flexibility index (Phi) is 5.74. The molecule has 0 aromatic heterocycles. The van der Waals surface area contributed by atoms with Crippen LogP contribution >= 0.6 is 11.8 Å². The van der Waals surface area contributed by atoms with E-state index in [0.29, 0.717) is 22.3 Å². The molecule has 1 aromatic rings. The number of carbonyl (C=O) groups is 1. The number of nitrogens with zero attached hydrogens (tertiary/aromatic N) is 1. The predicted octanol–water partition coefficient (Wildman–Crippen LogP) is 3.15. The van der Waals surface area contributed by atoms with Crippen molar-refractivity contribution in [1.29, 1.82) is 0 Å². The number of amides is 1. The van der Waals surface area contributed by atoms with Gasteiger partial charge in [-0.05, 0) is 24.6 Å². The fraction of sp³-hybridized carbons (Fsp3) is 0.462. The summed E-state index contributed by atoms with van der Waals surface area (Å²) in [4.78, 5) is 13.4. The molecule has 0 atom stereocenters. The lowest BCUT2D eigenvalue weighted by molar-refractivity contribution is -0.126.